The molecule has 1 aliphatic carbocycles. The number of amides is 1. The Morgan fingerprint density at radius 2 is 2.23 bits per heavy atom. The summed E-state index contributed by atoms with van der Waals surface area (Å²) in [5.74, 6) is 1.21. The molecule has 2 aliphatic rings. The summed E-state index contributed by atoms with van der Waals surface area (Å²) in [4.78, 5) is 17.8. The number of likely N-dealkylation sites (tertiary alicyclic amines) is 1. The highest BCUT2D eigenvalue weighted by Gasteiger charge is 2.43. The topological polar surface area (TPSA) is 80.5 Å². The summed E-state index contributed by atoms with van der Waals surface area (Å²) in [5, 5.41) is 7.56. The Balaban J connectivity index is 1.44. The minimum atomic E-state index is -0.435. The van der Waals surface area contributed by atoms with Crippen molar-refractivity contribution in [1.82, 2.24) is 20.4 Å². The highest BCUT2D eigenvalue weighted by molar-refractivity contribution is 5.69. The highest BCUT2D eigenvalue weighted by atomic mass is 16.6. The first-order valence-electron chi connectivity index (χ1n) is 7.88. The van der Waals surface area contributed by atoms with Crippen molar-refractivity contribution in [1.29, 1.82) is 0 Å². The van der Waals surface area contributed by atoms with Gasteiger partial charge in [-0.1, -0.05) is 5.16 Å². The van der Waals surface area contributed by atoms with Crippen LogP contribution in [0.4, 0.5) is 4.79 Å². The van der Waals surface area contributed by atoms with Gasteiger partial charge in [0.25, 0.3) is 0 Å². The molecule has 22 heavy (non-hydrogen) atoms. The van der Waals surface area contributed by atoms with Gasteiger partial charge in [-0.3, -0.25) is 0 Å². The van der Waals surface area contributed by atoms with Gasteiger partial charge in [-0.25, -0.2) is 4.79 Å². The first kappa shape index (κ1) is 15.3. The molecule has 2 heterocycles. The van der Waals surface area contributed by atoms with E-state index < -0.39 is 5.60 Å². The molecule has 1 aliphatic heterocycles. The minimum Gasteiger partial charge on any atom is -0.444 e. The van der Waals surface area contributed by atoms with Gasteiger partial charge in [0.05, 0.1) is 5.54 Å². The van der Waals surface area contributed by atoms with Crippen LogP contribution >= 0.6 is 0 Å². The number of nitrogens with one attached hydrogen (secondary N) is 1. The smallest absolute Gasteiger partial charge is 0.410 e. The summed E-state index contributed by atoms with van der Waals surface area (Å²) < 4.78 is 10.2. The predicted octanol–water partition coefficient (Wildman–Crippen LogP) is 1.91. The standard InChI is InChI=1S/C15H24N4O3/c1-14(2,3)22-13(20)19-8-11(9-19)7-17-15(5-4-6-15)12-16-10-21-18-12/h10-11,17H,4-9H2,1-3H3. The number of carbonyl (C=O) groups is 1. The molecule has 1 N–H and O–H groups in total. The fourth-order valence-corrected chi connectivity index (χ4v) is 2.91. The fraction of sp³-hybridized carbons (Fsp3) is 0.800. The van der Waals surface area contributed by atoms with E-state index in [1.807, 2.05) is 20.8 Å². The molecule has 0 spiro atoms. The van der Waals surface area contributed by atoms with Crippen LogP contribution < -0.4 is 5.32 Å². The van der Waals surface area contributed by atoms with E-state index in [9.17, 15) is 4.79 Å². The van der Waals surface area contributed by atoms with Crippen LogP contribution in [0, 0.1) is 5.92 Å². The number of ether oxygens (including phenoxy) is 1. The van der Waals surface area contributed by atoms with Crippen LogP contribution in [0.1, 0.15) is 45.9 Å². The van der Waals surface area contributed by atoms with Crippen LogP contribution in [-0.2, 0) is 10.3 Å². The van der Waals surface area contributed by atoms with E-state index in [0.717, 1.165) is 38.3 Å². The van der Waals surface area contributed by atoms with Crippen molar-refractivity contribution in [2.24, 2.45) is 5.92 Å². The normalized spacial score (nSPS) is 21.1. The second-order valence-corrected chi connectivity index (χ2v) is 7.32. The van der Waals surface area contributed by atoms with Crippen molar-refractivity contribution < 1.29 is 14.1 Å². The third-order valence-corrected chi connectivity index (χ3v) is 4.33. The maximum Gasteiger partial charge on any atom is 0.410 e. The number of hydrogen-bond acceptors (Lipinski definition) is 6. The first-order chi connectivity index (χ1) is 10.4. The van der Waals surface area contributed by atoms with E-state index in [1.165, 1.54) is 12.8 Å². The molecule has 0 bridgehead atoms. The monoisotopic (exact) mass is 308 g/mol. The average Bonchev–Trinajstić information content (AvgIpc) is 2.81. The zero-order valence-corrected chi connectivity index (χ0v) is 13.5. The molecular formula is C15H24N4O3. The van der Waals surface area contributed by atoms with E-state index in [1.54, 1.807) is 4.90 Å². The molecule has 1 saturated carbocycles. The number of rotatable bonds is 4. The zero-order valence-electron chi connectivity index (χ0n) is 13.5. The first-order valence-corrected chi connectivity index (χ1v) is 7.88. The molecule has 0 atom stereocenters. The molecule has 7 nitrogen and oxygen atoms in total. The van der Waals surface area contributed by atoms with E-state index in [2.05, 4.69) is 15.5 Å². The average molecular weight is 308 g/mol. The van der Waals surface area contributed by atoms with Gasteiger partial charge in [0.2, 0.25) is 6.39 Å². The van der Waals surface area contributed by atoms with Crippen molar-refractivity contribution in [2.75, 3.05) is 19.6 Å². The third-order valence-electron chi connectivity index (χ3n) is 4.33. The summed E-state index contributed by atoms with van der Waals surface area (Å²) in [7, 11) is 0. The van der Waals surface area contributed by atoms with Crippen molar-refractivity contribution in [3.8, 4) is 0 Å². The lowest BCUT2D eigenvalue weighted by molar-refractivity contribution is -0.00312. The van der Waals surface area contributed by atoms with Gasteiger partial charge in [-0.15, -0.1) is 0 Å². The SMILES string of the molecule is CC(C)(C)OC(=O)N1CC(CNC2(c3ncon3)CCC2)C1. The van der Waals surface area contributed by atoms with Gasteiger partial charge < -0.3 is 19.5 Å². The Kier molecular flexibility index (Phi) is 3.84. The summed E-state index contributed by atoms with van der Waals surface area (Å²) in [5.41, 5.74) is -0.561. The second kappa shape index (κ2) is 5.53. The van der Waals surface area contributed by atoms with Gasteiger partial charge in [0.1, 0.15) is 5.60 Å². The van der Waals surface area contributed by atoms with Gasteiger partial charge >= 0.3 is 6.09 Å². The Morgan fingerprint density at radius 3 is 2.73 bits per heavy atom. The van der Waals surface area contributed by atoms with E-state index >= 15 is 0 Å². The van der Waals surface area contributed by atoms with Crippen LogP contribution in [0.3, 0.4) is 0 Å². The predicted molar refractivity (Wildman–Crippen MR) is 79.1 cm³/mol. The number of carbonyl (C=O) groups excluding carboxylic acids is 1. The highest BCUT2D eigenvalue weighted by Crippen LogP contribution is 2.39. The molecule has 1 aromatic rings. The lowest BCUT2D eigenvalue weighted by Gasteiger charge is -2.44. The Morgan fingerprint density at radius 1 is 1.50 bits per heavy atom. The molecule has 1 saturated heterocycles. The Labute approximate surface area is 130 Å². The van der Waals surface area contributed by atoms with Crippen LogP contribution in [0.15, 0.2) is 10.9 Å². The number of hydrogen-bond donors (Lipinski definition) is 1. The Hall–Kier alpha value is -1.63. The molecular weight excluding hydrogens is 284 g/mol. The van der Waals surface area contributed by atoms with Gasteiger partial charge in [0.15, 0.2) is 5.82 Å². The van der Waals surface area contributed by atoms with Gasteiger partial charge in [-0.2, -0.15) is 4.98 Å². The minimum absolute atomic E-state index is 0.126. The summed E-state index contributed by atoms with van der Waals surface area (Å²) in [6, 6.07) is 0. The molecule has 122 valence electrons. The number of aromatic nitrogens is 2. The number of nitrogens with zero attached hydrogens (tertiary/aromatic N) is 3. The lowest BCUT2D eigenvalue weighted by Crippen LogP contribution is -2.58. The molecule has 1 amide bonds. The van der Waals surface area contributed by atoms with Crippen LogP contribution in [-0.4, -0.2) is 46.4 Å². The quantitative estimate of drug-likeness (QED) is 0.915. The maximum atomic E-state index is 11.9. The molecule has 0 aromatic carbocycles. The Bertz CT molecular complexity index is 513. The largest absolute Gasteiger partial charge is 0.444 e. The summed E-state index contributed by atoms with van der Waals surface area (Å²) >= 11 is 0. The molecule has 2 fully saturated rings. The van der Waals surface area contributed by atoms with Crippen molar-refractivity contribution in [3.63, 3.8) is 0 Å². The van der Waals surface area contributed by atoms with Gasteiger partial charge in [-0.05, 0) is 40.0 Å². The summed E-state index contributed by atoms with van der Waals surface area (Å²) in [6.07, 6.45) is 4.41. The molecule has 0 radical (unpaired) electrons. The maximum absolute atomic E-state index is 11.9. The van der Waals surface area contributed by atoms with E-state index in [-0.39, 0.29) is 11.6 Å². The fourth-order valence-electron chi connectivity index (χ4n) is 2.91. The van der Waals surface area contributed by atoms with Gasteiger partial charge in [0, 0.05) is 25.6 Å². The van der Waals surface area contributed by atoms with E-state index in [0.29, 0.717) is 5.92 Å². The van der Waals surface area contributed by atoms with Crippen molar-refractivity contribution in [2.45, 2.75) is 51.2 Å². The van der Waals surface area contributed by atoms with Crippen LogP contribution in [0.2, 0.25) is 0 Å². The van der Waals surface area contributed by atoms with E-state index in [4.69, 9.17) is 9.26 Å². The molecule has 3 rings (SSSR count). The zero-order chi connectivity index (χ0) is 15.8. The molecule has 0 unspecified atom stereocenters. The van der Waals surface area contributed by atoms with Crippen LogP contribution in [0.25, 0.3) is 0 Å². The second-order valence-electron chi connectivity index (χ2n) is 7.32. The molecule has 7 heteroatoms. The lowest BCUT2D eigenvalue weighted by atomic mass is 9.75. The van der Waals surface area contributed by atoms with Crippen LogP contribution in [0.5, 0.6) is 0 Å². The van der Waals surface area contributed by atoms with Crippen molar-refractivity contribution >= 4 is 6.09 Å². The third kappa shape index (κ3) is 3.09. The summed E-state index contributed by atoms with van der Waals surface area (Å²) in [6.45, 7) is 7.99. The molecule has 1 aromatic heterocycles. The van der Waals surface area contributed by atoms with Crippen molar-refractivity contribution in [3.05, 3.63) is 12.2 Å².